The Morgan fingerprint density at radius 1 is 1.17 bits per heavy atom. The third-order valence-corrected chi connectivity index (χ3v) is 2.78. The fourth-order valence-corrected chi connectivity index (χ4v) is 2.19. The highest BCUT2D eigenvalue weighted by Gasteiger charge is 2.18. The maximum Gasteiger partial charge on any atom is 0.349 e. The second-order valence-electron chi connectivity index (χ2n) is 4.89. The molecule has 0 aliphatic heterocycles. The second kappa shape index (κ2) is 6.24. The second-order valence-corrected chi connectivity index (χ2v) is 4.89. The predicted molar refractivity (Wildman–Crippen MR) is 78.8 cm³/mol. The summed E-state index contributed by atoms with van der Waals surface area (Å²) < 4.78 is 2.12. The molecule has 0 unspecified atom stereocenters. The molecule has 18 heavy (non-hydrogen) atoms. The molecule has 98 valence electrons. The van der Waals surface area contributed by atoms with E-state index in [-0.39, 0.29) is 0 Å². The molecule has 3 nitrogen and oxygen atoms in total. The van der Waals surface area contributed by atoms with E-state index in [1.807, 2.05) is 6.08 Å². The van der Waals surface area contributed by atoms with Crippen LogP contribution in [0.3, 0.4) is 0 Å². The van der Waals surface area contributed by atoms with E-state index in [0.717, 1.165) is 12.1 Å². The van der Waals surface area contributed by atoms with Gasteiger partial charge in [0.15, 0.2) is 0 Å². The average molecular weight is 246 g/mol. The summed E-state index contributed by atoms with van der Waals surface area (Å²) in [4.78, 5) is 4.36. The van der Waals surface area contributed by atoms with Crippen LogP contribution in [0.5, 0.6) is 0 Å². The lowest BCUT2D eigenvalue weighted by Gasteiger charge is -2.21. The normalized spacial score (nSPS) is 9.83. The molecule has 0 atom stereocenters. The molecule has 0 fully saturated rings. The van der Waals surface area contributed by atoms with Crippen LogP contribution in [0.1, 0.15) is 11.1 Å². The summed E-state index contributed by atoms with van der Waals surface area (Å²) in [6.07, 6.45) is 1.87. The Bertz CT molecular complexity index is 426. The molecule has 0 amide bonds. The van der Waals surface area contributed by atoms with E-state index in [4.69, 9.17) is 0 Å². The molecule has 0 saturated carbocycles. The van der Waals surface area contributed by atoms with Crippen LogP contribution in [0, 0.1) is 0 Å². The first-order chi connectivity index (χ1) is 8.45. The van der Waals surface area contributed by atoms with Gasteiger partial charge in [-0.1, -0.05) is 36.9 Å². The van der Waals surface area contributed by atoms with Crippen LogP contribution >= 0.6 is 0 Å². The zero-order valence-corrected chi connectivity index (χ0v) is 12.1. The minimum absolute atomic E-state index is 0.892. The fourth-order valence-electron chi connectivity index (χ4n) is 2.19. The first kappa shape index (κ1) is 14.3. The number of hydrogen-bond donors (Lipinski definition) is 0. The van der Waals surface area contributed by atoms with Gasteiger partial charge in [0.05, 0.1) is 41.8 Å². The summed E-state index contributed by atoms with van der Waals surface area (Å²) in [6.45, 7) is 4.66. The van der Waals surface area contributed by atoms with E-state index in [0.29, 0.717) is 0 Å². The molecule has 0 N–H and O–H groups in total. The van der Waals surface area contributed by atoms with Crippen LogP contribution < -0.4 is 0 Å². The molecule has 0 heterocycles. The molecule has 1 aromatic rings. The van der Waals surface area contributed by atoms with E-state index in [1.165, 1.54) is 11.5 Å². The van der Waals surface area contributed by atoms with E-state index in [9.17, 15) is 0 Å². The quantitative estimate of drug-likeness (QED) is 0.458. The monoisotopic (exact) mass is 246 g/mol. The summed E-state index contributed by atoms with van der Waals surface area (Å²) in [7, 11) is 10.4. The Labute approximate surface area is 111 Å². The highest BCUT2D eigenvalue weighted by molar-refractivity contribution is 5.74. The summed E-state index contributed by atoms with van der Waals surface area (Å²) in [6, 6.07) is 8.50. The Morgan fingerprint density at radius 2 is 1.72 bits per heavy atom. The topological polar surface area (TPSA) is 9.49 Å². The SMILES string of the molecule is C=Cc1ccc(CN(C)C(N(C)C)=[N+](C)C)cc1. The molecule has 0 bridgehead atoms. The van der Waals surface area contributed by atoms with Crippen LogP contribution in [0.25, 0.3) is 6.08 Å². The van der Waals surface area contributed by atoms with Crippen molar-refractivity contribution in [3.8, 4) is 0 Å². The van der Waals surface area contributed by atoms with Crippen LogP contribution in [0.4, 0.5) is 0 Å². The van der Waals surface area contributed by atoms with Gasteiger partial charge in [0.25, 0.3) is 0 Å². The van der Waals surface area contributed by atoms with Gasteiger partial charge in [0, 0.05) is 0 Å². The minimum atomic E-state index is 0.892. The maximum atomic E-state index is 3.77. The van der Waals surface area contributed by atoms with Crippen LogP contribution in [0.2, 0.25) is 0 Å². The first-order valence-corrected chi connectivity index (χ1v) is 6.09. The predicted octanol–water partition coefficient (Wildman–Crippen LogP) is 1.95. The van der Waals surface area contributed by atoms with Gasteiger partial charge < -0.3 is 0 Å². The van der Waals surface area contributed by atoms with Crippen molar-refractivity contribution in [3.05, 3.63) is 42.0 Å². The zero-order chi connectivity index (χ0) is 13.7. The lowest BCUT2D eigenvalue weighted by molar-refractivity contribution is -0.475. The molecule has 3 heteroatoms. The van der Waals surface area contributed by atoms with Gasteiger partial charge in [0.1, 0.15) is 0 Å². The number of hydrogen-bond acceptors (Lipinski definition) is 0. The van der Waals surface area contributed by atoms with Crippen molar-refractivity contribution in [3.63, 3.8) is 0 Å². The Balaban J connectivity index is 2.83. The van der Waals surface area contributed by atoms with Gasteiger partial charge in [0.2, 0.25) is 0 Å². The van der Waals surface area contributed by atoms with Crippen molar-refractivity contribution in [2.45, 2.75) is 6.54 Å². The molecule has 1 aromatic carbocycles. The van der Waals surface area contributed by atoms with Gasteiger partial charge in [-0.15, -0.1) is 0 Å². The maximum absolute atomic E-state index is 3.77. The Kier molecular flexibility index (Phi) is 4.95. The Hall–Kier alpha value is -1.77. The van der Waals surface area contributed by atoms with Crippen molar-refractivity contribution in [2.75, 3.05) is 35.2 Å². The lowest BCUT2D eigenvalue weighted by Crippen LogP contribution is -2.42. The third-order valence-electron chi connectivity index (χ3n) is 2.78. The largest absolute Gasteiger partial charge is 0.349 e. The molecule has 0 aliphatic carbocycles. The number of rotatable bonds is 3. The van der Waals surface area contributed by atoms with Gasteiger partial charge in [-0.25, -0.2) is 0 Å². The lowest BCUT2D eigenvalue weighted by atomic mass is 10.1. The van der Waals surface area contributed by atoms with Crippen molar-refractivity contribution >= 4 is 12.0 Å². The molecule has 1 rings (SSSR count). The van der Waals surface area contributed by atoms with E-state index in [1.54, 1.807) is 0 Å². The highest BCUT2D eigenvalue weighted by atomic mass is 15.4. The average Bonchev–Trinajstić information content (AvgIpc) is 2.28. The highest BCUT2D eigenvalue weighted by Crippen LogP contribution is 2.08. The van der Waals surface area contributed by atoms with Crippen LogP contribution in [-0.2, 0) is 6.54 Å². The standard InChI is InChI=1S/C15H24N3/c1-7-13-8-10-14(11-9-13)12-18(6)15(16(2)3)17(4)5/h7-11H,1,12H2,2-6H3/q+1. The zero-order valence-electron chi connectivity index (χ0n) is 12.1. The first-order valence-electron chi connectivity index (χ1n) is 6.09. The van der Waals surface area contributed by atoms with E-state index >= 15 is 0 Å². The van der Waals surface area contributed by atoms with Crippen LogP contribution in [-0.4, -0.2) is 55.6 Å². The molecule has 0 radical (unpaired) electrons. The molecular formula is C15H24N3+. The Morgan fingerprint density at radius 3 is 2.11 bits per heavy atom. The third kappa shape index (κ3) is 3.62. The summed E-state index contributed by atoms with van der Waals surface area (Å²) in [5.41, 5.74) is 2.45. The van der Waals surface area contributed by atoms with Crippen molar-refractivity contribution in [2.24, 2.45) is 0 Å². The van der Waals surface area contributed by atoms with Crippen molar-refractivity contribution in [1.82, 2.24) is 9.80 Å². The van der Waals surface area contributed by atoms with Gasteiger partial charge >= 0.3 is 5.96 Å². The summed E-state index contributed by atoms with van der Waals surface area (Å²) >= 11 is 0. The molecule has 0 aromatic heterocycles. The van der Waals surface area contributed by atoms with Gasteiger partial charge in [-0.2, -0.15) is 0 Å². The molecular weight excluding hydrogens is 222 g/mol. The van der Waals surface area contributed by atoms with E-state index < -0.39 is 0 Å². The number of guanidine groups is 1. The van der Waals surface area contributed by atoms with Gasteiger partial charge in [-0.3, -0.25) is 14.4 Å². The van der Waals surface area contributed by atoms with Crippen molar-refractivity contribution < 1.29 is 4.58 Å². The summed E-state index contributed by atoms with van der Waals surface area (Å²) in [5.74, 6) is 1.18. The molecule has 0 spiro atoms. The minimum Gasteiger partial charge on any atom is -0.270 e. The van der Waals surface area contributed by atoms with Crippen molar-refractivity contribution in [1.29, 1.82) is 0 Å². The smallest absolute Gasteiger partial charge is 0.270 e. The summed E-state index contributed by atoms with van der Waals surface area (Å²) in [5, 5.41) is 0. The van der Waals surface area contributed by atoms with E-state index in [2.05, 4.69) is 80.5 Å². The van der Waals surface area contributed by atoms with Crippen LogP contribution in [0.15, 0.2) is 30.8 Å². The molecule has 0 saturated heterocycles. The number of benzene rings is 1. The fraction of sp³-hybridized carbons (Fsp3) is 0.400. The number of nitrogens with zero attached hydrogens (tertiary/aromatic N) is 3. The molecule has 0 aliphatic rings. The van der Waals surface area contributed by atoms with Gasteiger partial charge in [-0.05, 0) is 11.1 Å².